The minimum atomic E-state index is -0.234. The van der Waals surface area contributed by atoms with Crippen LogP contribution in [0.15, 0.2) is 29.6 Å². The average Bonchev–Trinajstić information content (AvgIpc) is 3.69. The predicted octanol–water partition coefficient (Wildman–Crippen LogP) is 12.4. The fraction of sp³-hybridized carbons (Fsp3) is 0.600. The molecule has 3 aromatic heterocycles. The third-order valence-corrected chi connectivity index (χ3v) is 12.1. The Labute approximate surface area is 259 Å². The van der Waals surface area contributed by atoms with E-state index in [1.807, 2.05) is 22.7 Å². The van der Waals surface area contributed by atoms with Gasteiger partial charge in [0.25, 0.3) is 0 Å². The van der Waals surface area contributed by atoms with E-state index in [4.69, 9.17) is 0 Å². The first-order valence-corrected chi connectivity index (χ1v) is 18.3. The van der Waals surface area contributed by atoms with E-state index in [2.05, 4.69) is 67.8 Å². The molecule has 3 heterocycles. The number of thiophene rings is 2. The molecule has 5 rings (SSSR count). The second kappa shape index (κ2) is 13.3. The van der Waals surface area contributed by atoms with Crippen LogP contribution < -0.4 is 0 Å². The molecular formula is C35H47FN2S3. The lowest BCUT2D eigenvalue weighted by Gasteiger charge is -2.33. The van der Waals surface area contributed by atoms with Crippen LogP contribution in [-0.2, 0) is 5.41 Å². The Morgan fingerprint density at radius 1 is 0.756 bits per heavy atom. The SMILES string of the molecule is CC(C)CCCC(C)CCC1(CCC(C)CCCC(C)C)c2ccsc2-c2sc(-c3cc(F)cc4nsnc34)cc21. The third kappa shape index (κ3) is 6.80. The molecule has 0 N–H and O–H groups in total. The van der Waals surface area contributed by atoms with Crippen molar-refractivity contribution in [1.82, 2.24) is 8.75 Å². The van der Waals surface area contributed by atoms with Gasteiger partial charge in [0, 0.05) is 31.7 Å². The first-order chi connectivity index (χ1) is 19.7. The summed E-state index contributed by atoms with van der Waals surface area (Å²) in [7, 11) is 0. The van der Waals surface area contributed by atoms with Gasteiger partial charge in [-0.1, -0.05) is 80.1 Å². The maximum Gasteiger partial charge on any atom is 0.126 e. The lowest BCUT2D eigenvalue weighted by Crippen LogP contribution is -2.26. The van der Waals surface area contributed by atoms with E-state index in [0.29, 0.717) is 5.52 Å². The van der Waals surface area contributed by atoms with Crippen LogP contribution in [0, 0.1) is 29.5 Å². The Bertz CT molecular complexity index is 1400. The average molecular weight is 611 g/mol. The van der Waals surface area contributed by atoms with E-state index in [1.54, 1.807) is 11.6 Å². The molecule has 1 aliphatic carbocycles. The number of fused-ring (bicyclic) bond motifs is 4. The molecule has 222 valence electrons. The van der Waals surface area contributed by atoms with Gasteiger partial charge < -0.3 is 0 Å². The highest BCUT2D eigenvalue weighted by Crippen LogP contribution is 2.60. The van der Waals surface area contributed by atoms with E-state index in [0.717, 1.165) is 39.6 Å². The molecule has 6 heteroatoms. The van der Waals surface area contributed by atoms with Crippen molar-refractivity contribution in [1.29, 1.82) is 0 Å². The molecule has 2 atom stereocenters. The predicted molar refractivity (Wildman–Crippen MR) is 179 cm³/mol. The highest BCUT2D eigenvalue weighted by atomic mass is 32.1. The molecule has 0 radical (unpaired) electrons. The van der Waals surface area contributed by atoms with Crippen molar-refractivity contribution in [3.05, 3.63) is 46.6 Å². The first-order valence-electron chi connectivity index (χ1n) is 15.8. The van der Waals surface area contributed by atoms with E-state index < -0.39 is 0 Å². The molecule has 2 nitrogen and oxygen atoms in total. The second-order valence-corrected chi connectivity index (χ2v) is 16.1. The van der Waals surface area contributed by atoms with Gasteiger partial charge in [0.2, 0.25) is 0 Å². The largest absolute Gasteiger partial charge is 0.207 e. The minimum Gasteiger partial charge on any atom is -0.207 e. The molecule has 1 aromatic carbocycles. The molecule has 0 amide bonds. The molecule has 2 unspecified atom stereocenters. The summed E-state index contributed by atoms with van der Waals surface area (Å²) in [5.74, 6) is 2.78. The summed E-state index contributed by atoms with van der Waals surface area (Å²) in [4.78, 5) is 3.98. The molecule has 0 bridgehead atoms. The van der Waals surface area contributed by atoms with Crippen LogP contribution in [-0.4, -0.2) is 8.75 Å². The molecule has 0 saturated carbocycles. The van der Waals surface area contributed by atoms with Gasteiger partial charge in [-0.3, -0.25) is 0 Å². The number of halogens is 1. The fourth-order valence-corrected chi connectivity index (χ4v) is 9.77. The zero-order valence-corrected chi connectivity index (χ0v) is 28.2. The van der Waals surface area contributed by atoms with Crippen LogP contribution >= 0.6 is 34.4 Å². The molecule has 0 spiro atoms. The van der Waals surface area contributed by atoms with Crippen LogP contribution in [0.1, 0.15) is 117 Å². The maximum atomic E-state index is 14.7. The molecule has 0 fully saturated rings. The Kier molecular flexibility index (Phi) is 10.0. The van der Waals surface area contributed by atoms with Crippen molar-refractivity contribution < 1.29 is 4.39 Å². The van der Waals surface area contributed by atoms with E-state index in [1.165, 1.54) is 97.3 Å². The molecule has 0 aliphatic heterocycles. The van der Waals surface area contributed by atoms with Crippen LogP contribution in [0.2, 0.25) is 0 Å². The zero-order valence-electron chi connectivity index (χ0n) is 25.8. The number of benzene rings is 1. The van der Waals surface area contributed by atoms with Gasteiger partial charge >= 0.3 is 0 Å². The monoisotopic (exact) mass is 610 g/mol. The van der Waals surface area contributed by atoms with Crippen molar-refractivity contribution in [2.45, 2.75) is 111 Å². The highest BCUT2D eigenvalue weighted by molar-refractivity contribution is 7.24. The smallest absolute Gasteiger partial charge is 0.126 e. The van der Waals surface area contributed by atoms with Crippen LogP contribution in [0.5, 0.6) is 0 Å². The Morgan fingerprint density at radius 2 is 1.41 bits per heavy atom. The van der Waals surface area contributed by atoms with Crippen LogP contribution in [0.4, 0.5) is 4.39 Å². The van der Waals surface area contributed by atoms with Gasteiger partial charge in [-0.2, -0.15) is 8.75 Å². The standard InChI is InChI=1S/C35H47FN2S3/c1-22(2)9-7-11-24(5)13-16-35(17-14-25(6)12-8-10-23(3)4)28-15-18-39-33(28)34-29(35)21-31(40-34)27-19-26(36)20-30-32(27)38-41-37-30/h15,18-25H,7-14,16-17H2,1-6H3. The summed E-state index contributed by atoms with van der Waals surface area (Å²) in [6.07, 6.45) is 12.8. The summed E-state index contributed by atoms with van der Waals surface area (Å²) >= 11 is 4.89. The second-order valence-electron chi connectivity index (χ2n) is 13.6. The van der Waals surface area contributed by atoms with Gasteiger partial charge in [-0.15, -0.1) is 22.7 Å². The van der Waals surface area contributed by atoms with Gasteiger partial charge in [0.15, 0.2) is 0 Å². The summed E-state index contributed by atoms with van der Waals surface area (Å²) in [5.41, 5.74) is 5.47. The lowest BCUT2D eigenvalue weighted by molar-refractivity contribution is 0.328. The van der Waals surface area contributed by atoms with Gasteiger partial charge in [-0.05, 0) is 84.1 Å². The number of nitrogens with zero attached hydrogens (tertiary/aromatic N) is 2. The van der Waals surface area contributed by atoms with Gasteiger partial charge in [-0.25, -0.2) is 4.39 Å². The van der Waals surface area contributed by atoms with Crippen LogP contribution in [0.3, 0.4) is 0 Å². The van der Waals surface area contributed by atoms with E-state index in [-0.39, 0.29) is 11.2 Å². The molecule has 41 heavy (non-hydrogen) atoms. The normalized spacial score (nSPS) is 18.0. The summed E-state index contributed by atoms with van der Waals surface area (Å²) in [6.45, 7) is 14.3. The zero-order chi connectivity index (χ0) is 29.1. The molecule has 0 saturated heterocycles. The van der Waals surface area contributed by atoms with Crippen molar-refractivity contribution in [3.63, 3.8) is 0 Å². The number of rotatable bonds is 15. The minimum absolute atomic E-state index is 0.0464. The van der Waals surface area contributed by atoms with Gasteiger partial charge in [0.05, 0.1) is 11.7 Å². The fourth-order valence-electron chi connectivity index (χ4n) is 6.79. The highest BCUT2D eigenvalue weighted by Gasteiger charge is 2.45. The summed E-state index contributed by atoms with van der Waals surface area (Å²) in [6, 6.07) is 8.00. The molecule has 4 aromatic rings. The van der Waals surface area contributed by atoms with Gasteiger partial charge in [0.1, 0.15) is 16.9 Å². The molecular weight excluding hydrogens is 564 g/mol. The lowest BCUT2D eigenvalue weighted by atomic mass is 9.69. The first kappa shape index (κ1) is 30.8. The van der Waals surface area contributed by atoms with Crippen molar-refractivity contribution in [2.75, 3.05) is 0 Å². The van der Waals surface area contributed by atoms with Crippen molar-refractivity contribution in [3.8, 4) is 20.2 Å². The third-order valence-electron chi connectivity index (χ3n) is 9.31. The Morgan fingerprint density at radius 3 is 2.05 bits per heavy atom. The maximum absolute atomic E-state index is 14.7. The van der Waals surface area contributed by atoms with Crippen LogP contribution in [0.25, 0.3) is 31.2 Å². The van der Waals surface area contributed by atoms with E-state index in [9.17, 15) is 4.39 Å². The number of aromatic nitrogens is 2. The van der Waals surface area contributed by atoms with Crippen molar-refractivity contribution in [2.24, 2.45) is 23.7 Å². The van der Waals surface area contributed by atoms with Crippen molar-refractivity contribution >= 4 is 45.4 Å². The Balaban J connectivity index is 1.47. The quantitative estimate of drug-likeness (QED) is 0.134. The molecule has 1 aliphatic rings. The number of hydrogen-bond donors (Lipinski definition) is 0. The summed E-state index contributed by atoms with van der Waals surface area (Å²) in [5, 5.41) is 2.30. The topological polar surface area (TPSA) is 25.8 Å². The Hall–Kier alpha value is -1.63. The number of hydrogen-bond acceptors (Lipinski definition) is 5. The summed E-state index contributed by atoms with van der Waals surface area (Å²) < 4.78 is 23.6. The van der Waals surface area contributed by atoms with E-state index >= 15 is 0 Å².